The maximum absolute atomic E-state index is 13.5. The van der Waals surface area contributed by atoms with Crippen LogP contribution in [0.15, 0.2) is 57.8 Å². The van der Waals surface area contributed by atoms with E-state index in [9.17, 15) is 9.18 Å². The molecule has 0 saturated carbocycles. The molecule has 2 aromatic carbocycles. The van der Waals surface area contributed by atoms with Crippen LogP contribution in [0.2, 0.25) is 0 Å². The van der Waals surface area contributed by atoms with Gasteiger partial charge in [-0.2, -0.15) is 0 Å². The van der Waals surface area contributed by atoms with Crippen LogP contribution in [0.25, 0.3) is 0 Å². The van der Waals surface area contributed by atoms with Crippen molar-refractivity contribution in [2.75, 3.05) is 29.6 Å². The molecule has 2 amide bonds. The molecule has 1 aromatic heterocycles. The highest BCUT2D eigenvalue weighted by atomic mass is 32.2. The number of rotatable bonds is 5. The van der Waals surface area contributed by atoms with Crippen LogP contribution in [0.1, 0.15) is 0 Å². The molecule has 0 saturated heterocycles. The number of aromatic nitrogens is 2. The smallest absolute Gasteiger partial charge is 0.325 e. The summed E-state index contributed by atoms with van der Waals surface area (Å²) in [7, 11) is 3.97. The number of anilines is 3. The molecule has 0 aliphatic rings. The van der Waals surface area contributed by atoms with Crippen LogP contribution in [0.3, 0.4) is 0 Å². The van der Waals surface area contributed by atoms with Crippen molar-refractivity contribution in [1.29, 1.82) is 0 Å². The molecular formula is C17H16FN5OS2. The van der Waals surface area contributed by atoms with Crippen molar-refractivity contribution in [2.24, 2.45) is 0 Å². The topological polar surface area (TPSA) is 70.2 Å². The second-order valence-corrected chi connectivity index (χ2v) is 7.72. The minimum absolute atomic E-state index is 0.102. The van der Waals surface area contributed by atoms with Crippen molar-refractivity contribution in [3.8, 4) is 0 Å². The molecular weight excluding hydrogens is 373 g/mol. The number of carbonyl (C=O) groups excluding carboxylic acids is 1. The molecule has 0 bridgehead atoms. The summed E-state index contributed by atoms with van der Waals surface area (Å²) >= 11 is 2.70. The molecule has 0 spiro atoms. The van der Waals surface area contributed by atoms with Gasteiger partial charge in [-0.05, 0) is 36.4 Å². The highest BCUT2D eigenvalue weighted by molar-refractivity contribution is 8.01. The first-order chi connectivity index (χ1) is 12.5. The summed E-state index contributed by atoms with van der Waals surface area (Å²) in [6.07, 6.45) is 0. The van der Waals surface area contributed by atoms with Crippen LogP contribution < -0.4 is 15.5 Å². The fourth-order valence-electron chi connectivity index (χ4n) is 2.03. The van der Waals surface area contributed by atoms with Gasteiger partial charge in [0.25, 0.3) is 0 Å². The minimum atomic E-state index is -0.571. The van der Waals surface area contributed by atoms with Gasteiger partial charge in [0, 0.05) is 24.7 Å². The fourth-order valence-corrected chi connectivity index (χ4v) is 3.75. The summed E-state index contributed by atoms with van der Waals surface area (Å²) in [6.45, 7) is 0. The van der Waals surface area contributed by atoms with Gasteiger partial charge in [-0.3, -0.25) is 5.32 Å². The number of nitrogens with zero attached hydrogens (tertiary/aromatic N) is 3. The van der Waals surface area contributed by atoms with Gasteiger partial charge >= 0.3 is 6.03 Å². The molecule has 26 heavy (non-hydrogen) atoms. The zero-order chi connectivity index (χ0) is 18.5. The molecule has 0 aliphatic heterocycles. The first-order valence-corrected chi connectivity index (χ1v) is 9.26. The average molecular weight is 389 g/mol. The van der Waals surface area contributed by atoms with E-state index in [2.05, 4.69) is 20.8 Å². The zero-order valence-electron chi connectivity index (χ0n) is 14.1. The lowest BCUT2D eigenvalue weighted by Crippen LogP contribution is -2.19. The van der Waals surface area contributed by atoms with E-state index >= 15 is 0 Å². The SMILES string of the molecule is CN(C)c1ccc(Sc2nnc(NC(=O)Nc3ccccc3F)s2)cc1. The summed E-state index contributed by atoms with van der Waals surface area (Å²) in [5.74, 6) is -0.502. The van der Waals surface area contributed by atoms with E-state index in [4.69, 9.17) is 0 Å². The zero-order valence-corrected chi connectivity index (χ0v) is 15.7. The van der Waals surface area contributed by atoms with Gasteiger partial charge in [-0.1, -0.05) is 35.2 Å². The number of nitrogens with one attached hydrogen (secondary N) is 2. The molecule has 134 valence electrons. The van der Waals surface area contributed by atoms with E-state index in [1.54, 1.807) is 12.1 Å². The summed E-state index contributed by atoms with van der Waals surface area (Å²) in [5.41, 5.74) is 1.21. The van der Waals surface area contributed by atoms with E-state index in [-0.39, 0.29) is 5.69 Å². The van der Waals surface area contributed by atoms with Gasteiger partial charge in [-0.25, -0.2) is 9.18 Å². The van der Waals surface area contributed by atoms with Crippen LogP contribution in [0.4, 0.5) is 25.7 Å². The van der Waals surface area contributed by atoms with Crippen molar-refractivity contribution >= 4 is 45.6 Å². The molecule has 2 N–H and O–H groups in total. The Hall–Kier alpha value is -2.65. The number of benzene rings is 2. The molecule has 0 atom stereocenters. The largest absolute Gasteiger partial charge is 0.378 e. The third-order valence-electron chi connectivity index (χ3n) is 3.31. The van der Waals surface area contributed by atoms with Crippen molar-refractivity contribution in [3.05, 3.63) is 54.3 Å². The average Bonchev–Trinajstić information content (AvgIpc) is 3.04. The van der Waals surface area contributed by atoms with Crippen LogP contribution in [0, 0.1) is 5.82 Å². The Bertz CT molecular complexity index is 898. The summed E-state index contributed by atoms with van der Waals surface area (Å²) in [5, 5.41) is 13.3. The van der Waals surface area contributed by atoms with E-state index in [0.29, 0.717) is 9.47 Å². The van der Waals surface area contributed by atoms with E-state index in [1.807, 2.05) is 43.3 Å². The Labute approximate surface area is 158 Å². The predicted octanol–water partition coefficient (Wildman–Crippen LogP) is 4.54. The Balaban J connectivity index is 1.59. The van der Waals surface area contributed by atoms with Gasteiger partial charge in [0.15, 0.2) is 4.34 Å². The van der Waals surface area contributed by atoms with Crippen molar-refractivity contribution in [3.63, 3.8) is 0 Å². The Morgan fingerprint density at radius 2 is 1.81 bits per heavy atom. The van der Waals surface area contributed by atoms with Gasteiger partial charge in [0.2, 0.25) is 5.13 Å². The molecule has 3 rings (SSSR count). The number of hydrogen-bond acceptors (Lipinski definition) is 6. The third-order valence-corrected chi connectivity index (χ3v) is 5.20. The van der Waals surface area contributed by atoms with Crippen molar-refractivity contribution in [2.45, 2.75) is 9.24 Å². The van der Waals surface area contributed by atoms with E-state index in [1.165, 1.54) is 35.2 Å². The van der Waals surface area contributed by atoms with E-state index in [0.717, 1.165) is 10.6 Å². The summed E-state index contributed by atoms with van der Waals surface area (Å²) < 4.78 is 14.2. The molecule has 3 aromatic rings. The lowest BCUT2D eigenvalue weighted by molar-refractivity contribution is 0.262. The number of halogens is 1. The molecule has 0 radical (unpaired) electrons. The second-order valence-electron chi connectivity index (χ2n) is 5.42. The Morgan fingerprint density at radius 1 is 1.08 bits per heavy atom. The normalized spacial score (nSPS) is 10.4. The standard InChI is InChI=1S/C17H16FN5OS2/c1-23(2)11-7-9-12(10-8-11)25-17-22-21-16(26-17)20-15(24)19-14-6-4-3-5-13(14)18/h3-10H,1-2H3,(H2,19,20,21,24). The van der Waals surface area contributed by atoms with Crippen LogP contribution in [-0.2, 0) is 0 Å². The van der Waals surface area contributed by atoms with E-state index < -0.39 is 11.8 Å². The Kier molecular flexibility index (Phi) is 5.69. The van der Waals surface area contributed by atoms with Gasteiger partial charge in [0.05, 0.1) is 5.69 Å². The summed E-state index contributed by atoms with van der Waals surface area (Å²) in [6, 6.07) is 13.4. The maximum atomic E-state index is 13.5. The lowest BCUT2D eigenvalue weighted by Gasteiger charge is -2.11. The quantitative estimate of drug-likeness (QED) is 0.627. The second kappa shape index (κ2) is 8.15. The van der Waals surface area contributed by atoms with Crippen LogP contribution >= 0.6 is 23.1 Å². The highest BCUT2D eigenvalue weighted by Gasteiger charge is 2.11. The number of para-hydroxylation sites is 1. The van der Waals surface area contributed by atoms with Gasteiger partial charge < -0.3 is 10.2 Å². The number of carbonyl (C=O) groups is 1. The van der Waals surface area contributed by atoms with Crippen molar-refractivity contribution in [1.82, 2.24) is 10.2 Å². The molecule has 9 heteroatoms. The van der Waals surface area contributed by atoms with Gasteiger partial charge in [-0.15, -0.1) is 10.2 Å². The minimum Gasteiger partial charge on any atom is -0.378 e. The predicted molar refractivity (Wildman–Crippen MR) is 104 cm³/mol. The highest BCUT2D eigenvalue weighted by Crippen LogP contribution is 2.32. The number of urea groups is 1. The monoisotopic (exact) mass is 389 g/mol. The molecule has 0 aliphatic carbocycles. The van der Waals surface area contributed by atoms with Crippen LogP contribution in [0.5, 0.6) is 0 Å². The van der Waals surface area contributed by atoms with Crippen LogP contribution in [-0.4, -0.2) is 30.3 Å². The van der Waals surface area contributed by atoms with Gasteiger partial charge in [0.1, 0.15) is 5.82 Å². The molecule has 6 nitrogen and oxygen atoms in total. The lowest BCUT2D eigenvalue weighted by atomic mass is 10.3. The third kappa shape index (κ3) is 4.70. The first kappa shape index (κ1) is 18.2. The summed E-state index contributed by atoms with van der Waals surface area (Å²) in [4.78, 5) is 15.0. The molecule has 1 heterocycles. The molecule has 0 fully saturated rings. The fraction of sp³-hybridized carbons (Fsp3) is 0.118. The number of hydrogen-bond donors (Lipinski definition) is 2. The first-order valence-electron chi connectivity index (χ1n) is 7.62. The van der Waals surface area contributed by atoms with Crippen molar-refractivity contribution < 1.29 is 9.18 Å². The number of amides is 2. The Morgan fingerprint density at radius 3 is 2.50 bits per heavy atom. The maximum Gasteiger partial charge on any atom is 0.325 e. The molecule has 0 unspecified atom stereocenters.